The van der Waals surface area contributed by atoms with Gasteiger partial charge >= 0.3 is 0 Å². The van der Waals surface area contributed by atoms with E-state index in [2.05, 4.69) is 11.8 Å². The number of hydrogen-bond acceptors (Lipinski definition) is 2. The summed E-state index contributed by atoms with van der Waals surface area (Å²) in [5, 5.41) is 0. The van der Waals surface area contributed by atoms with Gasteiger partial charge in [-0.05, 0) is 75.8 Å². The van der Waals surface area contributed by atoms with E-state index in [0.29, 0.717) is 5.54 Å². The fraction of sp³-hybridized carbons (Fsp3) is 1.00. The molecule has 3 rings (SSSR count). The van der Waals surface area contributed by atoms with E-state index in [4.69, 9.17) is 5.73 Å². The molecule has 2 nitrogen and oxygen atoms in total. The Morgan fingerprint density at radius 2 is 1.85 bits per heavy atom. The predicted molar refractivity (Wildman–Crippen MR) is 85.7 cm³/mol. The van der Waals surface area contributed by atoms with Crippen molar-refractivity contribution in [3.63, 3.8) is 0 Å². The zero-order valence-corrected chi connectivity index (χ0v) is 13.4. The average molecular weight is 278 g/mol. The summed E-state index contributed by atoms with van der Waals surface area (Å²) in [5.41, 5.74) is 6.70. The highest BCUT2D eigenvalue weighted by molar-refractivity contribution is 5.00. The van der Waals surface area contributed by atoms with Crippen LogP contribution in [0.5, 0.6) is 0 Å². The Hall–Kier alpha value is -0.0800. The van der Waals surface area contributed by atoms with Gasteiger partial charge in [0.2, 0.25) is 0 Å². The molecule has 0 radical (unpaired) electrons. The monoisotopic (exact) mass is 278 g/mol. The predicted octanol–water partition coefficient (Wildman–Crippen LogP) is 3.80. The standard InChI is InChI=1S/C18H34N2/c1-2-15-5-4-11-20(12-9-15)18(14-19)10-3-6-17(13-18)16-7-8-16/h15-17H,2-14,19H2,1H3. The molecule has 0 spiro atoms. The Labute approximate surface area is 125 Å². The Kier molecular flexibility index (Phi) is 4.72. The first kappa shape index (κ1) is 14.8. The molecule has 0 aromatic carbocycles. The number of rotatable bonds is 4. The Morgan fingerprint density at radius 3 is 2.55 bits per heavy atom. The van der Waals surface area contributed by atoms with Gasteiger partial charge in [0.25, 0.3) is 0 Å². The van der Waals surface area contributed by atoms with Crippen molar-refractivity contribution in [3.8, 4) is 0 Å². The summed E-state index contributed by atoms with van der Waals surface area (Å²) in [6.45, 7) is 5.88. The fourth-order valence-electron chi connectivity index (χ4n) is 5.01. The largest absolute Gasteiger partial charge is 0.329 e. The second kappa shape index (κ2) is 6.36. The Morgan fingerprint density at radius 1 is 1.00 bits per heavy atom. The third-order valence-electron chi connectivity index (χ3n) is 6.62. The van der Waals surface area contributed by atoms with Gasteiger partial charge < -0.3 is 5.73 Å². The quantitative estimate of drug-likeness (QED) is 0.847. The smallest absolute Gasteiger partial charge is 0.0334 e. The molecule has 3 fully saturated rings. The highest BCUT2D eigenvalue weighted by Crippen LogP contribution is 2.48. The van der Waals surface area contributed by atoms with Crippen molar-refractivity contribution in [2.45, 2.75) is 76.7 Å². The maximum Gasteiger partial charge on any atom is 0.0334 e. The first-order chi connectivity index (χ1) is 9.77. The van der Waals surface area contributed by atoms with E-state index in [0.717, 1.165) is 24.3 Å². The zero-order chi connectivity index (χ0) is 14.0. The van der Waals surface area contributed by atoms with Crippen LogP contribution in [0.3, 0.4) is 0 Å². The molecule has 3 atom stereocenters. The lowest BCUT2D eigenvalue weighted by molar-refractivity contribution is 0.0326. The molecule has 3 unspecified atom stereocenters. The van der Waals surface area contributed by atoms with Crippen molar-refractivity contribution in [3.05, 3.63) is 0 Å². The third kappa shape index (κ3) is 3.06. The van der Waals surface area contributed by atoms with Crippen LogP contribution in [0, 0.1) is 17.8 Å². The maximum atomic E-state index is 6.33. The highest BCUT2D eigenvalue weighted by Gasteiger charge is 2.44. The first-order valence-corrected chi connectivity index (χ1v) is 9.22. The van der Waals surface area contributed by atoms with E-state index in [1.165, 1.54) is 77.3 Å². The first-order valence-electron chi connectivity index (χ1n) is 9.22. The van der Waals surface area contributed by atoms with Crippen LogP contribution < -0.4 is 5.73 Å². The van der Waals surface area contributed by atoms with Gasteiger partial charge in [-0.15, -0.1) is 0 Å². The number of nitrogens with two attached hydrogens (primary N) is 1. The molecule has 1 heterocycles. The van der Waals surface area contributed by atoms with Crippen LogP contribution in [0.15, 0.2) is 0 Å². The normalized spacial score (nSPS) is 40.5. The number of hydrogen-bond donors (Lipinski definition) is 1. The molecular formula is C18H34N2. The molecular weight excluding hydrogens is 244 g/mol. The van der Waals surface area contributed by atoms with Gasteiger partial charge in [0, 0.05) is 12.1 Å². The molecule has 2 N–H and O–H groups in total. The number of nitrogens with zero attached hydrogens (tertiary/aromatic N) is 1. The van der Waals surface area contributed by atoms with Crippen LogP contribution in [0.25, 0.3) is 0 Å². The molecule has 0 aromatic rings. The minimum Gasteiger partial charge on any atom is -0.329 e. The van der Waals surface area contributed by atoms with Crippen LogP contribution in [-0.4, -0.2) is 30.1 Å². The van der Waals surface area contributed by atoms with E-state index in [1.54, 1.807) is 0 Å². The minimum absolute atomic E-state index is 0.369. The molecule has 2 heteroatoms. The summed E-state index contributed by atoms with van der Waals surface area (Å²) in [4.78, 5) is 2.83. The van der Waals surface area contributed by atoms with Crippen LogP contribution in [0.2, 0.25) is 0 Å². The average Bonchev–Trinajstić information content (AvgIpc) is 3.33. The van der Waals surface area contributed by atoms with Crippen LogP contribution >= 0.6 is 0 Å². The van der Waals surface area contributed by atoms with E-state index >= 15 is 0 Å². The van der Waals surface area contributed by atoms with Crippen LogP contribution in [0.1, 0.15) is 71.1 Å². The molecule has 0 amide bonds. The van der Waals surface area contributed by atoms with E-state index in [-0.39, 0.29) is 0 Å². The SMILES string of the molecule is CCC1CCCN(C2(CN)CCCC(C3CC3)C2)CC1. The second-order valence-corrected chi connectivity index (χ2v) is 7.81. The van der Waals surface area contributed by atoms with Crippen molar-refractivity contribution >= 4 is 0 Å². The van der Waals surface area contributed by atoms with Gasteiger partial charge in [0.05, 0.1) is 0 Å². The molecule has 3 aliphatic rings. The molecule has 1 aliphatic heterocycles. The molecule has 2 saturated carbocycles. The fourth-order valence-corrected chi connectivity index (χ4v) is 5.01. The lowest BCUT2D eigenvalue weighted by atomic mass is 9.72. The minimum atomic E-state index is 0.369. The van der Waals surface area contributed by atoms with Crippen LogP contribution in [-0.2, 0) is 0 Å². The van der Waals surface area contributed by atoms with Crippen molar-refractivity contribution in [1.29, 1.82) is 0 Å². The summed E-state index contributed by atoms with van der Waals surface area (Å²) >= 11 is 0. The third-order valence-corrected chi connectivity index (χ3v) is 6.62. The molecule has 20 heavy (non-hydrogen) atoms. The summed E-state index contributed by atoms with van der Waals surface area (Å²) in [6.07, 6.45) is 14.3. The second-order valence-electron chi connectivity index (χ2n) is 7.81. The van der Waals surface area contributed by atoms with Crippen molar-refractivity contribution in [2.24, 2.45) is 23.5 Å². The van der Waals surface area contributed by atoms with Gasteiger partial charge in [-0.3, -0.25) is 4.90 Å². The van der Waals surface area contributed by atoms with Gasteiger partial charge in [-0.25, -0.2) is 0 Å². The van der Waals surface area contributed by atoms with Gasteiger partial charge in [-0.1, -0.05) is 26.2 Å². The topological polar surface area (TPSA) is 29.3 Å². The lowest BCUT2D eigenvalue weighted by Gasteiger charge is -2.48. The van der Waals surface area contributed by atoms with E-state index < -0.39 is 0 Å². The summed E-state index contributed by atoms with van der Waals surface area (Å²) in [5.74, 6) is 3.03. The Balaban J connectivity index is 1.67. The lowest BCUT2D eigenvalue weighted by Crippen LogP contribution is -2.56. The van der Waals surface area contributed by atoms with Crippen molar-refractivity contribution in [2.75, 3.05) is 19.6 Å². The van der Waals surface area contributed by atoms with Gasteiger partial charge in [0.15, 0.2) is 0 Å². The number of likely N-dealkylation sites (tertiary alicyclic amines) is 1. The highest BCUT2D eigenvalue weighted by atomic mass is 15.2. The van der Waals surface area contributed by atoms with Gasteiger partial charge in [0.1, 0.15) is 0 Å². The Bertz CT molecular complexity index is 313. The van der Waals surface area contributed by atoms with E-state index in [9.17, 15) is 0 Å². The maximum absolute atomic E-state index is 6.33. The molecule has 0 aromatic heterocycles. The zero-order valence-electron chi connectivity index (χ0n) is 13.4. The van der Waals surface area contributed by atoms with Crippen molar-refractivity contribution < 1.29 is 0 Å². The molecule has 0 bridgehead atoms. The van der Waals surface area contributed by atoms with Gasteiger partial charge in [-0.2, -0.15) is 0 Å². The van der Waals surface area contributed by atoms with E-state index in [1.807, 2.05) is 0 Å². The molecule has 1 saturated heterocycles. The summed E-state index contributed by atoms with van der Waals surface area (Å²) < 4.78 is 0. The van der Waals surface area contributed by atoms with Crippen LogP contribution in [0.4, 0.5) is 0 Å². The van der Waals surface area contributed by atoms with Crippen molar-refractivity contribution in [1.82, 2.24) is 4.90 Å². The molecule has 116 valence electrons. The molecule has 2 aliphatic carbocycles. The summed E-state index contributed by atoms with van der Waals surface area (Å²) in [6, 6.07) is 0. The summed E-state index contributed by atoms with van der Waals surface area (Å²) in [7, 11) is 0.